The maximum atomic E-state index is 12.1. The van der Waals surface area contributed by atoms with Crippen molar-refractivity contribution in [3.05, 3.63) is 24.3 Å². The van der Waals surface area contributed by atoms with Gasteiger partial charge in [-0.15, -0.1) is 0 Å². The van der Waals surface area contributed by atoms with Crippen LogP contribution in [0.4, 0.5) is 18.9 Å². The van der Waals surface area contributed by atoms with E-state index in [0.717, 1.165) is 12.8 Å². The van der Waals surface area contributed by atoms with Crippen molar-refractivity contribution in [2.75, 3.05) is 18.5 Å². The lowest BCUT2D eigenvalue weighted by molar-refractivity contribution is -0.142. The van der Waals surface area contributed by atoms with Gasteiger partial charge >= 0.3 is 6.18 Å². The number of carbonyl (C=O) groups is 1. The quantitative estimate of drug-likeness (QED) is 0.873. The van der Waals surface area contributed by atoms with Gasteiger partial charge in [-0.1, -0.05) is 12.1 Å². The van der Waals surface area contributed by atoms with Crippen LogP contribution in [0.2, 0.25) is 0 Å². The van der Waals surface area contributed by atoms with E-state index in [9.17, 15) is 18.0 Å². The Labute approximate surface area is 126 Å². The normalized spacial score (nSPS) is 18.2. The monoisotopic (exact) mass is 317 g/mol. The molecule has 1 aromatic rings. The Hall–Kier alpha value is -1.76. The molecule has 1 aliphatic rings. The molecular weight excluding hydrogens is 299 g/mol. The number of carbonyl (C=O) groups excluding carboxylic acids is 1. The average Bonchev–Trinajstić information content (AvgIpc) is 2.97. The summed E-state index contributed by atoms with van der Waals surface area (Å²) in [5.41, 5.74) is 0.368. The molecule has 0 aliphatic carbocycles. The number of para-hydroxylation sites is 2. The largest absolute Gasteiger partial charge is 0.489 e. The van der Waals surface area contributed by atoms with Crippen LogP contribution in [0, 0.1) is 0 Å². The van der Waals surface area contributed by atoms with Crippen LogP contribution in [0.3, 0.4) is 0 Å². The molecule has 0 spiro atoms. The van der Waals surface area contributed by atoms with Crippen LogP contribution in [0.5, 0.6) is 5.75 Å². The summed E-state index contributed by atoms with van der Waals surface area (Å²) in [6.45, 7) is 1.07. The highest BCUT2D eigenvalue weighted by atomic mass is 19.4. The van der Waals surface area contributed by atoms with Crippen LogP contribution < -0.4 is 10.1 Å². The van der Waals surface area contributed by atoms with Crippen molar-refractivity contribution in [2.45, 2.75) is 38.0 Å². The predicted molar refractivity (Wildman–Crippen MR) is 74.8 cm³/mol. The van der Waals surface area contributed by atoms with Gasteiger partial charge in [-0.3, -0.25) is 4.79 Å². The van der Waals surface area contributed by atoms with Crippen LogP contribution in [0.1, 0.15) is 25.7 Å². The Morgan fingerprint density at radius 1 is 1.36 bits per heavy atom. The molecule has 1 atom stereocenters. The minimum absolute atomic E-state index is 0.0222. The summed E-state index contributed by atoms with van der Waals surface area (Å²) < 4.78 is 47.4. The zero-order valence-corrected chi connectivity index (χ0v) is 12.0. The van der Waals surface area contributed by atoms with E-state index in [1.165, 1.54) is 0 Å². The van der Waals surface area contributed by atoms with Crippen LogP contribution in [0.25, 0.3) is 0 Å². The Balaban J connectivity index is 1.88. The second kappa shape index (κ2) is 7.49. The maximum absolute atomic E-state index is 12.1. The zero-order chi connectivity index (χ0) is 16.0. The summed E-state index contributed by atoms with van der Waals surface area (Å²) >= 11 is 0. The van der Waals surface area contributed by atoms with Gasteiger partial charge in [0.05, 0.1) is 18.2 Å². The fourth-order valence-electron chi connectivity index (χ4n) is 2.12. The van der Waals surface area contributed by atoms with Gasteiger partial charge in [0.15, 0.2) is 0 Å². The summed E-state index contributed by atoms with van der Waals surface area (Å²) in [4.78, 5) is 11.6. The van der Waals surface area contributed by atoms with Gasteiger partial charge < -0.3 is 14.8 Å². The Kier molecular flexibility index (Phi) is 5.65. The molecule has 1 aliphatic heterocycles. The van der Waals surface area contributed by atoms with E-state index in [0.29, 0.717) is 24.7 Å². The molecule has 0 radical (unpaired) electrons. The van der Waals surface area contributed by atoms with Gasteiger partial charge in [0.1, 0.15) is 12.4 Å². The first kappa shape index (κ1) is 16.6. The molecule has 1 amide bonds. The number of hydrogen-bond donors (Lipinski definition) is 1. The van der Waals surface area contributed by atoms with Crippen LogP contribution in [-0.4, -0.2) is 31.4 Å². The molecule has 0 saturated carbocycles. The fourth-order valence-corrected chi connectivity index (χ4v) is 2.12. The molecule has 7 heteroatoms. The number of halogens is 3. The molecule has 2 rings (SSSR count). The molecule has 1 heterocycles. The lowest BCUT2D eigenvalue weighted by Gasteiger charge is -2.15. The van der Waals surface area contributed by atoms with E-state index in [-0.39, 0.29) is 6.10 Å². The van der Waals surface area contributed by atoms with Crippen molar-refractivity contribution in [1.82, 2.24) is 0 Å². The van der Waals surface area contributed by atoms with E-state index < -0.39 is 24.9 Å². The first-order valence-corrected chi connectivity index (χ1v) is 7.14. The summed E-state index contributed by atoms with van der Waals surface area (Å²) in [5.74, 6) is -0.260. The van der Waals surface area contributed by atoms with Gasteiger partial charge in [0, 0.05) is 13.0 Å². The third kappa shape index (κ3) is 5.55. The number of amides is 1. The number of benzene rings is 1. The van der Waals surface area contributed by atoms with Gasteiger partial charge in [0.2, 0.25) is 5.91 Å². The van der Waals surface area contributed by atoms with E-state index in [1.807, 2.05) is 0 Å². The lowest BCUT2D eigenvalue weighted by atomic mass is 10.2. The standard InChI is InChI=1S/C15H18F3NO3/c16-15(17,18)8-7-14(20)19-12-5-1-2-6-13(12)22-10-11-4-3-9-21-11/h1-2,5-6,11H,3-4,7-10H2,(H,19,20). The topological polar surface area (TPSA) is 47.6 Å². The molecule has 122 valence electrons. The first-order valence-electron chi connectivity index (χ1n) is 7.14. The summed E-state index contributed by atoms with van der Waals surface area (Å²) in [6, 6.07) is 6.67. The molecule has 1 fully saturated rings. The molecular formula is C15H18F3NO3. The van der Waals surface area contributed by atoms with Crippen molar-refractivity contribution in [1.29, 1.82) is 0 Å². The predicted octanol–water partition coefficient (Wildman–Crippen LogP) is 3.53. The van der Waals surface area contributed by atoms with Gasteiger partial charge in [-0.2, -0.15) is 13.2 Å². The van der Waals surface area contributed by atoms with E-state index in [1.54, 1.807) is 24.3 Å². The third-order valence-corrected chi connectivity index (χ3v) is 3.25. The van der Waals surface area contributed by atoms with Crippen molar-refractivity contribution in [3.63, 3.8) is 0 Å². The molecule has 1 N–H and O–H groups in total. The number of alkyl halides is 3. The van der Waals surface area contributed by atoms with Crippen molar-refractivity contribution in [2.24, 2.45) is 0 Å². The first-order chi connectivity index (χ1) is 10.4. The highest BCUT2D eigenvalue weighted by Gasteiger charge is 2.28. The number of anilines is 1. The Morgan fingerprint density at radius 3 is 2.82 bits per heavy atom. The van der Waals surface area contributed by atoms with E-state index in [2.05, 4.69) is 5.32 Å². The third-order valence-electron chi connectivity index (χ3n) is 3.25. The van der Waals surface area contributed by atoms with E-state index in [4.69, 9.17) is 9.47 Å². The molecule has 1 aromatic carbocycles. The van der Waals surface area contributed by atoms with E-state index >= 15 is 0 Å². The van der Waals surface area contributed by atoms with Crippen LogP contribution in [-0.2, 0) is 9.53 Å². The van der Waals surface area contributed by atoms with Crippen molar-refractivity contribution < 1.29 is 27.4 Å². The number of nitrogens with one attached hydrogen (secondary N) is 1. The van der Waals surface area contributed by atoms with Gasteiger partial charge in [-0.05, 0) is 25.0 Å². The molecule has 1 saturated heterocycles. The number of ether oxygens (including phenoxy) is 2. The lowest BCUT2D eigenvalue weighted by Crippen LogP contribution is -2.19. The van der Waals surface area contributed by atoms with Crippen molar-refractivity contribution >= 4 is 11.6 Å². The SMILES string of the molecule is O=C(CCC(F)(F)F)Nc1ccccc1OCC1CCCO1. The number of hydrogen-bond acceptors (Lipinski definition) is 3. The number of rotatable bonds is 6. The Bertz CT molecular complexity index is 499. The fraction of sp³-hybridized carbons (Fsp3) is 0.533. The van der Waals surface area contributed by atoms with Crippen molar-refractivity contribution in [3.8, 4) is 5.75 Å². The summed E-state index contributed by atoms with van der Waals surface area (Å²) in [5, 5.41) is 2.45. The minimum Gasteiger partial charge on any atom is -0.489 e. The molecule has 1 unspecified atom stereocenters. The summed E-state index contributed by atoms with van der Waals surface area (Å²) in [6.07, 6.45) is -4.16. The summed E-state index contributed by atoms with van der Waals surface area (Å²) in [7, 11) is 0. The van der Waals surface area contributed by atoms with Gasteiger partial charge in [0.25, 0.3) is 0 Å². The average molecular weight is 317 g/mol. The second-order valence-electron chi connectivity index (χ2n) is 5.11. The highest BCUT2D eigenvalue weighted by Crippen LogP contribution is 2.26. The minimum atomic E-state index is -4.34. The zero-order valence-electron chi connectivity index (χ0n) is 12.0. The second-order valence-corrected chi connectivity index (χ2v) is 5.11. The highest BCUT2D eigenvalue weighted by molar-refractivity contribution is 5.92. The molecule has 0 aromatic heterocycles. The van der Waals surface area contributed by atoms with Crippen LogP contribution >= 0.6 is 0 Å². The maximum Gasteiger partial charge on any atom is 0.389 e. The molecule has 0 bridgehead atoms. The Morgan fingerprint density at radius 2 is 2.14 bits per heavy atom. The van der Waals surface area contributed by atoms with Crippen LogP contribution in [0.15, 0.2) is 24.3 Å². The molecule has 22 heavy (non-hydrogen) atoms. The molecule has 4 nitrogen and oxygen atoms in total. The smallest absolute Gasteiger partial charge is 0.389 e. The van der Waals surface area contributed by atoms with Gasteiger partial charge in [-0.25, -0.2) is 0 Å².